The lowest BCUT2D eigenvalue weighted by atomic mass is 10.0. The van der Waals surface area contributed by atoms with E-state index in [1.54, 1.807) is 35.5 Å². The third-order valence-electron chi connectivity index (χ3n) is 3.29. The monoisotopic (exact) mass is 283 g/mol. The van der Waals surface area contributed by atoms with Gasteiger partial charge in [-0.15, -0.1) is 0 Å². The Kier molecular flexibility index (Phi) is 4.77. The second kappa shape index (κ2) is 6.74. The van der Waals surface area contributed by atoms with Crippen molar-refractivity contribution in [3.05, 3.63) is 59.7 Å². The van der Waals surface area contributed by atoms with Crippen LogP contribution >= 0.6 is 0 Å². The van der Waals surface area contributed by atoms with Gasteiger partial charge in [0.15, 0.2) is 5.78 Å². The number of aromatic nitrogens is 2. The molecule has 2 aromatic rings. The third-order valence-corrected chi connectivity index (χ3v) is 3.29. The van der Waals surface area contributed by atoms with Crippen LogP contribution < -0.4 is 0 Å². The van der Waals surface area contributed by atoms with E-state index in [0.29, 0.717) is 29.8 Å². The highest BCUT2D eigenvalue weighted by molar-refractivity contribution is 6.15. The summed E-state index contributed by atoms with van der Waals surface area (Å²) in [6.45, 7) is 5.01. The van der Waals surface area contributed by atoms with Gasteiger partial charge in [0.25, 0.3) is 5.91 Å². The van der Waals surface area contributed by atoms with Crippen molar-refractivity contribution in [1.82, 2.24) is 14.9 Å². The van der Waals surface area contributed by atoms with E-state index in [0.717, 1.165) is 0 Å². The largest absolute Gasteiger partial charge is 0.339 e. The van der Waals surface area contributed by atoms with Crippen LogP contribution in [0.15, 0.2) is 43.0 Å². The van der Waals surface area contributed by atoms with Gasteiger partial charge in [-0.05, 0) is 32.0 Å². The van der Waals surface area contributed by atoms with Crippen LogP contribution in [0.2, 0.25) is 0 Å². The molecule has 1 amide bonds. The zero-order valence-corrected chi connectivity index (χ0v) is 12.1. The molecule has 0 fully saturated rings. The van der Waals surface area contributed by atoms with Gasteiger partial charge in [0.05, 0.1) is 11.1 Å². The summed E-state index contributed by atoms with van der Waals surface area (Å²) in [6.07, 6.45) is 6.07. The van der Waals surface area contributed by atoms with Crippen LogP contribution in [0.3, 0.4) is 0 Å². The molecule has 5 heteroatoms. The Bertz CT molecular complexity index is 637. The van der Waals surface area contributed by atoms with Crippen LogP contribution in [0.5, 0.6) is 0 Å². The minimum Gasteiger partial charge on any atom is -0.339 e. The lowest BCUT2D eigenvalue weighted by Crippen LogP contribution is -2.31. The van der Waals surface area contributed by atoms with Crippen molar-refractivity contribution in [2.45, 2.75) is 13.8 Å². The van der Waals surface area contributed by atoms with Crippen molar-refractivity contribution in [3.8, 4) is 0 Å². The molecule has 0 aromatic carbocycles. The number of carbonyl (C=O) groups is 2. The summed E-state index contributed by atoms with van der Waals surface area (Å²) in [4.78, 5) is 34.6. The highest BCUT2D eigenvalue weighted by atomic mass is 16.2. The van der Waals surface area contributed by atoms with Gasteiger partial charge in [0.1, 0.15) is 0 Å². The van der Waals surface area contributed by atoms with Gasteiger partial charge in [0.2, 0.25) is 0 Å². The lowest BCUT2D eigenvalue weighted by Gasteiger charge is -2.19. The third kappa shape index (κ3) is 3.13. The summed E-state index contributed by atoms with van der Waals surface area (Å²) in [5.41, 5.74) is 1.20. The minimum atomic E-state index is -0.221. The number of hydrogen-bond acceptors (Lipinski definition) is 4. The molecule has 0 unspecified atom stereocenters. The molecule has 0 saturated heterocycles. The highest BCUT2D eigenvalue weighted by Crippen LogP contribution is 2.15. The van der Waals surface area contributed by atoms with E-state index < -0.39 is 0 Å². The van der Waals surface area contributed by atoms with Gasteiger partial charge >= 0.3 is 0 Å². The van der Waals surface area contributed by atoms with Gasteiger partial charge < -0.3 is 4.90 Å². The lowest BCUT2D eigenvalue weighted by molar-refractivity contribution is 0.0768. The minimum absolute atomic E-state index is 0.153. The van der Waals surface area contributed by atoms with Crippen LogP contribution in [-0.4, -0.2) is 39.6 Å². The van der Waals surface area contributed by atoms with Crippen molar-refractivity contribution < 1.29 is 9.59 Å². The summed E-state index contributed by atoms with van der Waals surface area (Å²) in [7, 11) is 0. The number of hydrogen-bond donors (Lipinski definition) is 0. The van der Waals surface area contributed by atoms with Crippen LogP contribution in [0.25, 0.3) is 0 Å². The molecule has 0 spiro atoms. The molecule has 0 aliphatic carbocycles. The number of amides is 1. The standard InChI is InChI=1S/C16H17N3O2/c1-3-19(4-2)16(21)13-7-10-18-11-14(13)15(20)12-5-8-17-9-6-12/h5-11H,3-4H2,1-2H3. The average molecular weight is 283 g/mol. The van der Waals surface area contributed by atoms with Crippen LogP contribution in [0.4, 0.5) is 0 Å². The molecule has 0 saturated carbocycles. The number of carbonyl (C=O) groups excluding carboxylic acids is 2. The zero-order valence-electron chi connectivity index (χ0n) is 12.1. The first kappa shape index (κ1) is 14.8. The topological polar surface area (TPSA) is 63.2 Å². The predicted molar refractivity (Wildman–Crippen MR) is 79.2 cm³/mol. The first-order valence-corrected chi connectivity index (χ1v) is 6.87. The summed E-state index contributed by atoms with van der Waals surface area (Å²) < 4.78 is 0. The van der Waals surface area contributed by atoms with Crippen molar-refractivity contribution in [2.24, 2.45) is 0 Å². The Balaban J connectivity index is 2.42. The van der Waals surface area contributed by atoms with E-state index in [2.05, 4.69) is 9.97 Å². The van der Waals surface area contributed by atoms with E-state index in [9.17, 15) is 9.59 Å². The molecule has 5 nitrogen and oxygen atoms in total. The summed E-state index contributed by atoms with van der Waals surface area (Å²) in [5.74, 6) is -0.374. The van der Waals surface area contributed by atoms with Gasteiger partial charge in [-0.2, -0.15) is 0 Å². The summed E-state index contributed by atoms with van der Waals surface area (Å²) in [6, 6.07) is 4.84. The highest BCUT2D eigenvalue weighted by Gasteiger charge is 2.21. The number of nitrogens with zero attached hydrogens (tertiary/aromatic N) is 3. The maximum absolute atomic E-state index is 12.5. The molecule has 0 bridgehead atoms. The zero-order chi connectivity index (χ0) is 15.2. The fourth-order valence-corrected chi connectivity index (χ4v) is 2.10. The summed E-state index contributed by atoms with van der Waals surface area (Å²) in [5, 5.41) is 0. The second-order valence-electron chi connectivity index (χ2n) is 4.46. The molecule has 108 valence electrons. The molecule has 2 rings (SSSR count). The molecule has 2 aromatic heterocycles. The van der Waals surface area contributed by atoms with Gasteiger partial charge in [0, 0.05) is 43.4 Å². The molecule has 21 heavy (non-hydrogen) atoms. The maximum Gasteiger partial charge on any atom is 0.254 e. The van der Waals surface area contributed by atoms with E-state index in [1.807, 2.05) is 13.8 Å². The molecule has 0 atom stereocenters. The molecular formula is C16H17N3O2. The van der Waals surface area contributed by atoms with Crippen LogP contribution in [0, 0.1) is 0 Å². The molecule has 2 heterocycles. The predicted octanol–water partition coefficient (Wildman–Crippen LogP) is 2.19. The maximum atomic E-state index is 12.5. The fraction of sp³-hybridized carbons (Fsp3) is 0.250. The second-order valence-corrected chi connectivity index (χ2v) is 4.46. The molecule has 0 aliphatic heterocycles. The van der Waals surface area contributed by atoms with Crippen molar-refractivity contribution in [2.75, 3.05) is 13.1 Å². The first-order chi connectivity index (χ1) is 10.2. The summed E-state index contributed by atoms with van der Waals surface area (Å²) >= 11 is 0. The fourth-order valence-electron chi connectivity index (χ4n) is 2.10. The Hall–Kier alpha value is -2.56. The number of pyridine rings is 2. The number of ketones is 1. The molecular weight excluding hydrogens is 266 g/mol. The van der Waals surface area contributed by atoms with E-state index in [4.69, 9.17) is 0 Å². The quantitative estimate of drug-likeness (QED) is 0.789. The Morgan fingerprint density at radius 2 is 1.57 bits per heavy atom. The van der Waals surface area contributed by atoms with Gasteiger partial charge in [-0.25, -0.2) is 0 Å². The van der Waals surface area contributed by atoms with Gasteiger partial charge in [-0.3, -0.25) is 19.6 Å². The molecule has 0 N–H and O–H groups in total. The van der Waals surface area contributed by atoms with Crippen LogP contribution in [0.1, 0.15) is 40.1 Å². The van der Waals surface area contributed by atoms with Crippen molar-refractivity contribution in [3.63, 3.8) is 0 Å². The van der Waals surface area contributed by atoms with Crippen molar-refractivity contribution >= 4 is 11.7 Å². The number of rotatable bonds is 5. The van der Waals surface area contributed by atoms with E-state index in [1.165, 1.54) is 12.4 Å². The van der Waals surface area contributed by atoms with Crippen molar-refractivity contribution in [1.29, 1.82) is 0 Å². The molecule has 0 radical (unpaired) electrons. The molecule has 0 aliphatic rings. The smallest absolute Gasteiger partial charge is 0.254 e. The van der Waals surface area contributed by atoms with E-state index in [-0.39, 0.29) is 11.7 Å². The van der Waals surface area contributed by atoms with E-state index >= 15 is 0 Å². The Morgan fingerprint density at radius 3 is 2.19 bits per heavy atom. The Labute approximate surface area is 123 Å². The SMILES string of the molecule is CCN(CC)C(=O)c1ccncc1C(=O)c1ccncc1. The first-order valence-electron chi connectivity index (χ1n) is 6.87. The van der Waals surface area contributed by atoms with Gasteiger partial charge in [-0.1, -0.05) is 0 Å². The average Bonchev–Trinajstić information content (AvgIpc) is 2.56. The normalized spacial score (nSPS) is 10.2. The Morgan fingerprint density at radius 1 is 0.952 bits per heavy atom. The van der Waals surface area contributed by atoms with Crippen LogP contribution in [-0.2, 0) is 0 Å².